The molecule has 1 aliphatic rings. The van der Waals surface area contributed by atoms with Crippen LogP contribution in [0.2, 0.25) is 11.1 Å². The van der Waals surface area contributed by atoms with Gasteiger partial charge in [-0.2, -0.15) is 0 Å². The van der Waals surface area contributed by atoms with Gasteiger partial charge in [-0.25, -0.2) is 0 Å². The number of hydrogen-bond donors (Lipinski definition) is 0. The van der Waals surface area contributed by atoms with Crippen molar-refractivity contribution in [1.29, 1.82) is 0 Å². The molecule has 0 aliphatic carbocycles. The highest BCUT2D eigenvalue weighted by Gasteiger charge is 2.27. The molecule has 0 bridgehead atoms. The van der Waals surface area contributed by atoms with E-state index in [0.29, 0.717) is 0 Å². The van der Waals surface area contributed by atoms with Gasteiger partial charge < -0.3 is 4.74 Å². The fourth-order valence-electron chi connectivity index (χ4n) is 1.85. The summed E-state index contributed by atoms with van der Waals surface area (Å²) in [7, 11) is -0.417. The van der Waals surface area contributed by atoms with Crippen molar-refractivity contribution in [3.05, 3.63) is 11.5 Å². The fourth-order valence-corrected chi connectivity index (χ4v) is 4.97. The summed E-state index contributed by atoms with van der Waals surface area (Å²) in [5.74, 6) is 0. The van der Waals surface area contributed by atoms with E-state index in [1.807, 2.05) is 0 Å². The summed E-state index contributed by atoms with van der Waals surface area (Å²) in [6.07, 6.45) is 3.43. The molecule has 0 N–H and O–H groups in total. The Kier molecular flexibility index (Phi) is 3.38. The third kappa shape index (κ3) is 2.13. The van der Waals surface area contributed by atoms with Crippen LogP contribution < -0.4 is 0 Å². The molecule has 0 aromatic carbocycles. The second-order valence-corrected chi connectivity index (χ2v) is 7.68. The molecule has 0 amide bonds. The number of ether oxygens (including phenoxy) is 1. The summed E-state index contributed by atoms with van der Waals surface area (Å²) in [6, 6.07) is 0. The van der Waals surface area contributed by atoms with Gasteiger partial charge in [-0.05, 0) is 17.2 Å². The Morgan fingerprint density at radius 2 is 1.83 bits per heavy atom. The molecule has 1 heterocycles. The fraction of sp³-hybridized carbons (Fsp3) is 0.800. The van der Waals surface area contributed by atoms with Gasteiger partial charge in [0.15, 0.2) is 0 Å². The summed E-state index contributed by atoms with van der Waals surface area (Å²) in [5, 5.41) is 1.34. The van der Waals surface area contributed by atoms with E-state index in [1.165, 1.54) is 5.38 Å². The van der Waals surface area contributed by atoms with Crippen LogP contribution in [0, 0.1) is 0 Å². The lowest BCUT2D eigenvalue weighted by Crippen LogP contribution is -2.24. The first-order valence-corrected chi connectivity index (χ1v) is 6.48. The Labute approximate surface area is 77.4 Å². The molecule has 0 fully saturated rings. The number of hydrogen-bond acceptors (Lipinski definition) is 1. The van der Waals surface area contributed by atoms with Crippen molar-refractivity contribution in [2.24, 2.45) is 0 Å². The average molecular weight is 183 g/mol. The van der Waals surface area contributed by atoms with Crippen LogP contribution in [-0.2, 0) is 4.74 Å². The summed E-state index contributed by atoms with van der Waals surface area (Å²) < 4.78 is 5.64. The van der Waals surface area contributed by atoms with Crippen molar-refractivity contribution in [2.75, 3.05) is 6.61 Å². The molecule has 0 aromatic rings. The molecule has 1 rings (SSSR count). The maximum Gasteiger partial charge on any atom is 0.138 e. The normalized spacial score (nSPS) is 17.4. The van der Waals surface area contributed by atoms with Gasteiger partial charge in [0.05, 0.1) is 12.0 Å². The second-order valence-electron chi connectivity index (χ2n) is 3.97. The first-order chi connectivity index (χ1) is 5.63. The predicted octanol–water partition coefficient (Wildman–Crippen LogP) is 3.14. The van der Waals surface area contributed by atoms with E-state index < -0.39 is 8.80 Å². The largest absolute Gasteiger partial charge is 0.503 e. The van der Waals surface area contributed by atoms with Crippen molar-refractivity contribution in [3.8, 4) is 0 Å². The lowest BCUT2D eigenvalue weighted by atomic mass is 10.5. The SMILES string of the molecule is CC(C)[Si](C1=CCCO1)C(C)C. The van der Waals surface area contributed by atoms with E-state index in [-0.39, 0.29) is 0 Å². The molecule has 2 heteroatoms. The van der Waals surface area contributed by atoms with Crippen LogP contribution in [0.5, 0.6) is 0 Å². The zero-order chi connectivity index (χ0) is 9.14. The maximum atomic E-state index is 5.64. The van der Waals surface area contributed by atoms with Crippen molar-refractivity contribution in [1.82, 2.24) is 0 Å². The quantitative estimate of drug-likeness (QED) is 0.611. The minimum atomic E-state index is -0.417. The molecule has 0 unspecified atom stereocenters. The molecule has 69 valence electrons. The van der Waals surface area contributed by atoms with Crippen molar-refractivity contribution < 1.29 is 4.74 Å². The van der Waals surface area contributed by atoms with E-state index in [9.17, 15) is 0 Å². The van der Waals surface area contributed by atoms with Crippen molar-refractivity contribution >= 4 is 8.80 Å². The number of rotatable bonds is 3. The van der Waals surface area contributed by atoms with Crippen molar-refractivity contribution in [3.63, 3.8) is 0 Å². The van der Waals surface area contributed by atoms with Gasteiger partial charge in [0.2, 0.25) is 0 Å². The topological polar surface area (TPSA) is 9.23 Å². The zero-order valence-corrected chi connectivity index (χ0v) is 9.55. The standard InChI is InChI=1S/C10H19OSi/c1-8(2)12(9(3)4)10-6-5-7-11-10/h6,8-9H,5,7H2,1-4H3. The van der Waals surface area contributed by atoms with Crippen LogP contribution in [0.15, 0.2) is 11.5 Å². The summed E-state index contributed by atoms with van der Waals surface area (Å²) in [5.41, 5.74) is 1.58. The van der Waals surface area contributed by atoms with Gasteiger partial charge in [-0.15, -0.1) is 0 Å². The first kappa shape index (κ1) is 9.84. The van der Waals surface area contributed by atoms with Crippen LogP contribution in [0.3, 0.4) is 0 Å². The lowest BCUT2D eigenvalue weighted by molar-refractivity contribution is 0.264. The Bertz CT molecular complexity index is 165. The molecule has 1 nitrogen and oxygen atoms in total. The van der Waals surface area contributed by atoms with Gasteiger partial charge in [0.1, 0.15) is 8.80 Å². The van der Waals surface area contributed by atoms with Crippen LogP contribution >= 0.6 is 0 Å². The zero-order valence-electron chi connectivity index (χ0n) is 8.55. The van der Waals surface area contributed by atoms with Crippen LogP contribution in [-0.4, -0.2) is 15.4 Å². The van der Waals surface area contributed by atoms with Crippen molar-refractivity contribution in [2.45, 2.75) is 45.2 Å². The predicted molar refractivity (Wildman–Crippen MR) is 54.6 cm³/mol. The molecule has 1 aliphatic heterocycles. The molecular formula is C10H19OSi. The Morgan fingerprint density at radius 1 is 1.25 bits per heavy atom. The minimum absolute atomic E-state index is 0.417. The average Bonchev–Trinajstić information content (AvgIpc) is 2.37. The Morgan fingerprint density at radius 3 is 2.17 bits per heavy atom. The third-order valence-electron chi connectivity index (χ3n) is 2.23. The van der Waals surface area contributed by atoms with E-state index in [4.69, 9.17) is 4.74 Å². The highest BCUT2D eigenvalue weighted by Crippen LogP contribution is 2.29. The maximum absolute atomic E-state index is 5.64. The highest BCUT2D eigenvalue weighted by atomic mass is 28.3. The molecule has 0 atom stereocenters. The van der Waals surface area contributed by atoms with Crippen LogP contribution in [0.4, 0.5) is 0 Å². The molecule has 1 radical (unpaired) electrons. The van der Waals surface area contributed by atoms with Gasteiger partial charge in [0, 0.05) is 6.42 Å². The summed E-state index contributed by atoms with van der Waals surface area (Å²) >= 11 is 0. The smallest absolute Gasteiger partial charge is 0.138 e. The van der Waals surface area contributed by atoms with Gasteiger partial charge in [-0.3, -0.25) is 0 Å². The second kappa shape index (κ2) is 4.12. The van der Waals surface area contributed by atoms with Crippen LogP contribution in [0.1, 0.15) is 34.1 Å². The van der Waals surface area contributed by atoms with Gasteiger partial charge in [-0.1, -0.05) is 27.7 Å². The minimum Gasteiger partial charge on any atom is -0.503 e. The van der Waals surface area contributed by atoms with Gasteiger partial charge >= 0.3 is 0 Å². The first-order valence-electron chi connectivity index (χ1n) is 4.83. The van der Waals surface area contributed by atoms with E-state index in [2.05, 4.69) is 33.8 Å². The van der Waals surface area contributed by atoms with Crippen LogP contribution in [0.25, 0.3) is 0 Å². The summed E-state index contributed by atoms with van der Waals surface area (Å²) in [4.78, 5) is 0. The van der Waals surface area contributed by atoms with Gasteiger partial charge in [0.25, 0.3) is 0 Å². The van der Waals surface area contributed by atoms with E-state index >= 15 is 0 Å². The Balaban J connectivity index is 2.65. The molecule has 0 saturated carbocycles. The Hall–Kier alpha value is -0.243. The molecule has 0 spiro atoms. The molecular weight excluding hydrogens is 164 g/mol. The summed E-state index contributed by atoms with van der Waals surface area (Å²) in [6.45, 7) is 10.2. The molecule has 12 heavy (non-hydrogen) atoms. The monoisotopic (exact) mass is 183 g/mol. The highest BCUT2D eigenvalue weighted by molar-refractivity contribution is 6.68. The molecule has 0 aromatic heterocycles. The van der Waals surface area contributed by atoms with E-state index in [1.54, 1.807) is 0 Å². The third-order valence-corrected chi connectivity index (χ3v) is 5.64. The van der Waals surface area contributed by atoms with E-state index in [0.717, 1.165) is 24.1 Å². The molecule has 0 saturated heterocycles. The lowest BCUT2D eigenvalue weighted by Gasteiger charge is -2.23.